The zero-order valence-electron chi connectivity index (χ0n) is 11.3. The van der Waals surface area contributed by atoms with E-state index >= 15 is 0 Å². The highest BCUT2D eigenvalue weighted by Gasteiger charge is 2.13. The van der Waals surface area contributed by atoms with E-state index in [1.54, 1.807) is 6.26 Å². The van der Waals surface area contributed by atoms with Crippen LogP contribution in [0.2, 0.25) is 0 Å². The fraction of sp³-hybridized carbons (Fsp3) is 0.429. The van der Waals surface area contributed by atoms with Crippen molar-refractivity contribution in [2.45, 2.75) is 25.1 Å². The third-order valence-electron chi connectivity index (χ3n) is 3.20. The van der Waals surface area contributed by atoms with Gasteiger partial charge in [0.2, 0.25) is 0 Å². The van der Waals surface area contributed by atoms with Gasteiger partial charge in [-0.05, 0) is 38.1 Å². The molecule has 0 bridgehead atoms. The average molecular weight is 344 g/mol. The number of rotatable bonds is 5. The largest absolute Gasteiger partial charge is 0.459 e. The number of benzene rings is 1. The van der Waals surface area contributed by atoms with Gasteiger partial charge in [-0.2, -0.15) is 0 Å². The van der Waals surface area contributed by atoms with Crippen molar-refractivity contribution in [1.82, 2.24) is 5.32 Å². The fourth-order valence-electron chi connectivity index (χ4n) is 1.81. The van der Waals surface area contributed by atoms with Gasteiger partial charge in [-0.1, -0.05) is 15.9 Å². The summed E-state index contributed by atoms with van der Waals surface area (Å²) in [5.41, 5.74) is 0.888. The summed E-state index contributed by atoms with van der Waals surface area (Å²) in [6, 6.07) is 8.12. The van der Waals surface area contributed by atoms with Gasteiger partial charge in [0.1, 0.15) is 11.3 Å². The number of nitrogens with one attached hydrogen (secondary N) is 1. The van der Waals surface area contributed by atoms with Crippen LogP contribution in [0.1, 0.15) is 25.6 Å². The van der Waals surface area contributed by atoms with Crippen molar-refractivity contribution in [3.63, 3.8) is 0 Å². The maximum atomic E-state index is 11.3. The van der Waals surface area contributed by atoms with Crippen LogP contribution < -0.4 is 5.32 Å². The summed E-state index contributed by atoms with van der Waals surface area (Å²) in [7, 11) is -0.800. The van der Waals surface area contributed by atoms with Crippen molar-refractivity contribution < 1.29 is 8.63 Å². The average Bonchev–Trinajstić information content (AvgIpc) is 2.78. The topological polar surface area (TPSA) is 42.2 Å². The molecular weight excluding hydrogens is 326 g/mol. The van der Waals surface area contributed by atoms with Gasteiger partial charge in [-0.15, -0.1) is 0 Å². The highest BCUT2D eigenvalue weighted by atomic mass is 79.9. The lowest BCUT2D eigenvalue weighted by Gasteiger charge is -2.14. The van der Waals surface area contributed by atoms with Gasteiger partial charge >= 0.3 is 0 Å². The van der Waals surface area contributed by atoms with Crippen LogP contribution in [-0.4, -0.2) is 22.3 Å². The second-order valence-corrected chi connectivity index (χ2v) is 7.49. The molecule has 5 heteroatoms. The Bertz CT molecular complexity index is 596. The summed E-state index contributed by atoms with van der Waals surface area (Å²) in [6.45, 7) is 4.74. The number of hydrogen-bond acceptors (Lipinski definition) is 3. The van der Waals surface area contributed by atoms with Crippen LogP contribution in [0.25, 0.3) is 11.0 Å². The van der Waals surface area contributed by atoms with Gasteiger partial charge < -0.3 is 9.73 Å². The third-order valence-corrected chi connectivity index (χ3v) is 5.00. The van der Waals surface area contributed by atoms with Crippen LogP contribution in [0.15, 0.2) is 33.2 Å². The molecule has 1 heterocycles. The zero-order valence-corrected chi connectivity index (χ0v) is 13.7. The van der Waals surface area contributed by atoms with E-state index in [9.17, 15) is 4.21 Å². The molecule has 3 unspecified atom stereocenters. The van der Waals surface area contributed by atoms with E-state index in [4.69, 9.17) is 4.42 Å². The van der Waals surface area contributed by atoms with E-state index < -0.39 is 10.8 Å². The Morgan fingerprint density at radius 2 is 2.11 bits per heavy atom. The molecule has 0 amide bonds. The molecule has 19 heavy (non-hydrogen) atoms. The van der Waals surface area contributed by atoms with E-state index in [0.717, 1.165) is 21.2 Å². The number of fused-ring (bicyclic) bond motifs is 1. The molecule has 0 aliphatic heterocycles. The number of hydrogen-bond donors (Lipinski definition) is 1. The number of halogens is 1. The van der Waals surface area contributed by atoms with Gasteiger partial charge in [0, 0.05) is 38.7 Å². The molecule has 3 atom stereocenters. The fourth-order valence-corrected chi connectivity index (χ4v) is 2.52. The first-order chi connectivity index (χ1) is 8.97. The quantitative estimate of drug-likeness (QED) is 0.901. The minimum atomic E-state index is -0.800. The third kappa shape index (κ3) is 3.68. The molecule has 104 valence electrons. The van der Waals surface area contributed by atoms with E-state index in [1.165, 1.54) is 0 Å². The van der Waals surface area contributed by atoms with Crippen molar-refractivity contribution in [1.29, 1.82) is 0 Å². The predicted octanol–water partition coefficient (Wildman–Crippen LogP) is 3.61. The molecule has 0 saturated heterocycles. The zero-order chi connectivity index (χ0) is 14.0. The van der Waals surface area contributed by atoms with E-state index in [2.05, 4.69) is 28.2 Å². The van der Waals surface area contributed by atoms with Crippen molar-refractivity contribution in [2.75, 3.05) is 12.8 Å². The van der Waals surface area contributed by atoms with Gasteiger partial charge in [-0.3, -0.25) is 4.21 Å². The molecule has 0 aliphatic carbocycles. The summed E-state index contributed by atoms with van der Waals surface area (Å²) in [6.07, 6.45) is 1.73. The SMILES string of the molecule is CC(NCC(C)S(C)=O)c1cc2cc(Br)ccc2o1. The van der Waals surface area contributed by atoms with Gasteiger partial charge in [0.25, 0.3) is 0 Å². The maximum absolute atomic E-state index is 11.3. The van der Waals surface area contributed by atoms with Crippen molar-refractivity contribution in [3.05, 3.63) is 34.5 Å². The molecule has 1 aromatic carbocycles. The molecule has 3 nitrogen and oxygen atoms in total. The molecule has 1 N–H and O–H groups in total. The lowest BCUT2D eigenvalue weighted by molar-refractivity contribution is 0.452. The van der Waals surface area contributed by atoms with Crippen molar-refractivity contribution in [2.24, 2.45) is 0 Å². The molecular formula is C14H18BrNO2S. The lowest BCUT2D eigenvalue weighted by Crippen LogP contribution is -2.29. The summed E-state index contributed by atoms with van der Waals surface area (Å²) in [5, 5.41) is 4.58. The predicted molar refractivity (Wildman–Crippen MR) is 83.9 cm³/mol. The Kier molecular flexibility index (Phi) is 4.81. The summed E-state index contributed by atoms with van der Waals surface area (Å²) in [4.78, 5) is 0. The molecule has 1 aromatic heterocycles. The first-order valence-corrected chi connectivity index (χ1v) is 8.63. The lowest BCUT2D eigenvalue weighted by atomic mass is 10.2. The Hall–Kier alpha value is -0.650. The van der Waals surface area contributed by atoms with E-state index in [-0.39, 0.29) is 11.3 Å². The molecule has 0 aliphatic rings. The van der Waals surface area contributed by atoms with E-state index in [0.29, 0.717) is 6.54 Å². The summed E-state index contributed by atoms with van der Waals surface area (Å²) < 4.78 is 18.2. The Balaban J connectivity index is 2.09. The second-order valence-electron chi connectivity index (χ2n) is 4.77. The number of furan rings is 1. The van der Waals surface area contributed by atoms with Crippen LogP contribution in [0.4, 0.5) is 0 Å². The summed E-state index contributed by atoms with van der Waals surface area (Å²) in [5.74, 6) is 0.905. The minimum absolute atomic E-state index is 0.108. The van der Waals surface area contributed by atoms with E-state index in [1.807, 2.05) is 31.2 Å². The normalized spacial score (nSPS) is 16.4. The van der Waals surface area contributed by atoms with Gasteiger partial charge in [-0.25, -0.2) is 0 Å². The molecule has 2 aromatic rings. The van der Waals surface area contributed by atoms with Crippen LogP contribution in [0, 0.1) is 0 Å². The Labute approximate surface area is 124 Å². The first-order valence-electron chi connectivity index (χ1n) is 6.22. The molecule has 0 fully saturated rings. The van der Waals surface area contributed by atoms with Crippen LogP contribution in [-0.2, 0) is 10.8 Å². The first kappa shape index (κ1) is 14.8. The Morgan fingerprint density at radius 1 is 1.37 bits per heavy atom. The van der Waals surface area contributed by atoms with Gasteiger partial charge in [0.05, 0.1) is 6.04 Å². The summed E-state index contributed by atoms with van der Waals surface area (Å²) >= 11 is 3.45. The van der Waals surface area contributed by atoms with Crippen molar-refractivity contribution >= 4 is 37.7 Å². The molecule has 0 radical (unpaired) electrons. The van der Waals surface area contributed by atoms with Gasteiger partial charge in [0.15, 0.2) is 0 Å². The standard InChI is InChI=1S/C14H18BrNO2S/c1-9(19(3)17)8-16-10(2)14-7-11-6-12(15)4-5-13(11)18-14/h4-7,9-10,16H,8H2,1-3H3. The van der Waals surface area contributed by atoms with Crippen LogP contribution in [0.5, 0.6) is 0 Å². The van der Waals surface area contributed by atoms with Crippen molar-refractivity contribution in [3.8, 4) is 0 Å². The highest BCUT2D eigenvalue weighted by Crippen LogP contribution is 2.26. The molecule has 0 saturated carbocycles. The molecule has 2 rings (SSSR count). The second kappa shape index (κ2) is 6.20. The monoisotopic (exact) mass is 343 g/mol. The highest BCUT2D eigenvalue weighted by molar-refractivity contribution is 9.10. The smallest absolute Gasteiger partial charge is 0.134 e. The minimum Gasteiger partial charge on any atom is -0.459 e. The van der Waals surface area contributed by atoms with Crippen LogP contribution >= 0.6 is 15.9 Å². The Morgan fingerprint density at radius 3 is 2.79 bits per heavy atom. The van der Waals surface area contributed by atoms with Crippen LogP contribution in [0.3, 0.4) is 0 Å². The molecule has 0 spiro atoms. The maximum Gasteiger partial charge on any atom is 0.134 e.